The molecule has 0 aromatic heterocycles. The fourth-order valence-electron chi connectivity index (χ4n) is 4.02. The molecule has 5 N–H and O–H groups in total. The van der Waals surface area contributed by atoms with Gasteiger partial charge in [-0.2, -0.15) is 0 Å². The van der Waals surface area contributed by atoms with Gasteiger partial charge in [0.15, 0.2) is 0 Å². The summed E-state index contributed by atoms with van der Waals surface area (Å²) in [7, 11) is 1.66. The van der Waals surface area contributed by atoms with Crippen LogP contribution < -0.4 is 21.7 Å². The molecule has 22 heavy (non-hydrogen) atoms. The highest BCUT2D eigenvalue weighted by atomic mass is 16.2. The predicted molar refractivity (Wildman–Crippen MR) is 86.4 cm³/mol. The van der Waals surface area contributed by atoms with Crippen LogP contribution in [-0.2, 0) is 0 Å². The molecule has 0 aromatic carbocycles. The van der Waals surface area contributed by atoms with Gasteiger partial charge in [0.1, 0.15) is 0 Å². The van der Waals surface area contributed by atoms with E-state index in [1.807, 2.05) is 0 Å². The maximum absolute atomic E-state index is 11.3. The van der Waals surface area contributed by atoms with Crippen molar-refractivity contribution in [1.82, 2.24) is 16.0 Å². The molecule has 2 aliphatic rings. The van der Waals surface area contributed by atoms with Gasteiger partial charge >= 0.3 is 12.1 Å². The van der Waals surface area contributed by atoms with Crippen LogP contribution in [-0.4, -0.2) is 31.2 Å². The zero-order valence-corrected chi connectivity index (χ0v) is 13.6. The fourth-order valence-corrected chi connectivity index (χ4v) is 4.02. The maximum Gasteiger partial charge on any atom is 0.314 e. The molecule has 2 fully saturated rings. The summed E-state index contributed by atoms with van der Waals surface area (Å²) in [6.07, 6.45) is 10.4. The van der Waals surface area contributed by atoms with E-state index in [9.17, 15) is 9.59 Å². The molecule has 2 aliphatic carbocycles. The van der Waals surface area contributed by atoms with E-state index >= 15 is 0 Å². The lowest BCUT2D eigenvalue weighted by molar-refractivity contribution is 0.200. The zero-order valence-electron chi connectivity index (χ0n) is 13.6. The van der Waals surface area contributed by atoms with Gasteiger partial charge in [-0.15, -0.1) is 0 Å². The highest BCUT2D eigenvalue weighted by Gasteiger charge is 2.27. The molecular weight excluding hydrogens is 280 g/mol. The van der Waals surface area contributed by atoms with Crippen LogP contribution in [0, 0.1) is 11.8 Å². The Hall–Kier alpha value is -1.46. The number of rotatable bonds is 4. The Labute approximate surface area is 133 Å². The minimum atomic E-state index is -0.398. The Morgan fingerprint density at radius 2 is 1.32 bits per heavy atom. The van der Waals surface area contributed by atoms with Crippen molar-refractivity contribution in [3.05, 3.63) is 0 Å². The van der Waals surface area contributed by atoms with E-state index in [0.717, 1.165) is 37.5 Å². The fraction of sp³-hybridized carbons (Fsp3) is 0.875. The van der Waals surface area contributed by atoms with Crippen LogP contribution in [0.3, 0.4) is 0 Å². The number of carbonyl (C=O) groups is 2. The molecule has 0 aliphatic heterocycles. The minimum Gasteiger partial charge on any atom is -0.352 e. The third-order valence-corrected chi connectivity index (χ3v) is 5.27. The Morgan fingerprint density at radius 1 is 0.864 bits per heavy atom. The number of hydrogen-bond donors (Lipinski definition) is 4. The summed E-state index contributed by atoms with van der Waals surface area (Å²) in [6.45, 7) is 0. The quantitative estimate of drug-likeness (QED) is 0.639. The Morgan fingerprint density at radius 3 is 1.73 bits per heavy atom. The smallest absolute Gasteiger partial charge is 0.314 e. The van der Waals surface area contributed by atoms with Crippen LogP contribution in [0.4, 0.5) is 9.59 Å². The SMILES string of the molecule is CNC(=O)NC1CCC(CC2CCC(NC(N)=O)CC2)CC1. The summed E-state index contributed by atoms with van der Waals surface area (Å²) in [5.74, 6) is 1.59. The Kier molecular flexibility index (Phi) is 6.34. The van der Waals surface area contributed by atoms with Crippen LogP contribution in [0.25, 0.3) is 0 Å². The molecule has 0 saturated heterocycles. The summed E-state index contributed by atoms with van der Waals surface area (Å²) in [5, 5.41) is 8.46. The average Bonchev–Trinajstić information content (AvgIpc) is 2.50. The first-order valence-electron chi connectivity index (χ1n) is 8.61. The number of urea groups is 2. The van der Waals surface area contributed by atoms with Crippen LogP contribution in [0.2, 0.25) is 0 Å². The largest absolute Gasteiger partial charge is 0.352 e. The normalized spacial score (nSPS) is 32.0. The van der Waals surface area contributed by atoms with Crippen molar-refractivity contribution in [1.29, 1.82) is 0 Å². The van der Waals surface area contributed by atoms with Crippen molar-refractivity contribution in [2.24, 2.45) is 17.6 Å². The summed E-state index contributed by atoms with van der Waals surface area (Å²) < 4.78 is 0. The second-order valence-electron chi connectivity index (χ2n) is 6.90. The monoisotopic (exact) mass is 310 g/mol. The number of nitrogens with one attached hydrogen (secondary N) is 3. The van der Waals surface area contributed by atoms with Gasteiger partial charge < -0.3 is 21.7 Å². The maximum atomic E-state index is 11.3. The second kappa shape index (κ2) is 8.25. The number of carbonyl (C=O) groups excluding carboxylic acids is 2. The van der Waals surface area contributed by atoms with Crippen LogP contribution in [0.15, 0.2) is 0 Å². The molecule has 6 heteroatoms. The standard InChI is InChI=1S/C16H30N4O2/c1-18-16(22)20-14-8-4-12(5-9-14)10-11-2-6-13(7-3-11)19-15(17)21/h11-14H,2-10H2,1H3,(H3,17,19,21)(H2,18,20,22). The molecule has 126 valence electrons. The average molecular weight is 310 g/mol. The van der Waals surface area contributed by atoms with Gasteiger partial charge in [-0.1, -0.05) is 0 Å². The predicted octanol–water partition coefficient (Wildman–Crippen LogP) is 2.09. The van der Waals surface area contributed by atoms with E-state index in [1.165, 1.54) is 32.1 Å². The second-order valence-corrected chi connectivity index (χ2v) is 6.90. The molecule has 0 aromatic rings. The molecule has 0 spiro atoms. The molecule has 6 nitrogen and oxygen atoms in total. The molecule has 2 saturated carbocycles. The Bertz CT molecular complexity index is 372. The van der Waals surface area contributed by atoms with E-state index in [0.29, 0.717) is 6.04 Å². The summed E-state index contributed by atoms with van der Waals surface area (Å²) in [5.41, 5.74) is 5.18. The van der Waals surface area contributed by atoms with Gasteiger partial charge in [-0.25, -0.2) is 9.59 Å². The molecular formula is C16H30N4O2. The molecule has 4 amide bonds. The van der Waals surface area contributed by atoms with Gasteiger partial charge in [0, 0.05) is 19.1 Å². The number of primary amides is 1. The van der Waals surface area contributed by atoms with E-state index in [-0.39, 0.29) is 12.1 Å². The van der Waals surface area contributed by atoms with Crippen LogP contribution in [0.1, 0.15) is 57.8 Å². The minimum absolute atomic E-state index is 0.0660. The third-order valence-electron chi connectivity index (χ3n) is 5.27. The lowest BCUT2D eigenvalue weighted by Crippen LogP contribution is -2.42. The van der Waals surface area contributed by atoms with Crippen molar-refractivity contribution in [3.8, 4) is 0 Å². The first-order valence-corrected chi connectivity index (χ1v) is 8.61. The number of amides is 4. The zero-order chi connectivity index (χ0) is 15.9. The first-order chi connectivity index (χ1) is 10.6. The Balaban J connectivity index is 1.63. The lowest BCUT2D eigenvalue weighted by atomic mass is 9.76. The summed E-state index contributed by atoms with van der Waals surface area (Å²) in [6, 6.07) is 0.155. The highest BCUT2D eigenvalue weighted by molar-refractivity contribution is 5.73. The molecule has 0 heterocycles. The summed E-state index contributed by atoms with van der Waals surface area (Å²) in [4.78, 5) is 22.2. The van der Waals surface area contributed by atoms with E-state index in [4.69, 9.17) is 5.73 Å². The van der Waals surface area contributed by atoms with Crippen molar-refractivity contribution in [2.45, 2.75) is 69.9 Å². The summed E-state index contributed by atoms with van der Waals surface area (Å²) >= 11 is 0. The highest BCUT2D eigenvalue weighted by Crippen LogP contribution is 2.35. The molecule has 0 atom stereocenters. The molecule has 0 radical (unpaired) electrons. The molecule has 0 unspecified atom stereocenters. The van der Waals surface area contributed by atoms with Crippen LogP contribution >= 0.6 is 0 Å². The lowest BCUT2D eigenvalue weighted by Gasteiger charge is -2.34. The number of nitrogens with two attached hydrogens (primary N) is 1. The first kappa shape index (κ1) is 16.9. The van der Waals surface area contributed by atoms with Crippen molar-refractivity contribution in [2.75, 3.05) is 7.05 Å². The third kappa shape index (κ3) is 5.39. The van der Waals surface area contributed by atoms with E-state index in [2.05, 4.69) is 16.0 Å². The van der Waals surface area contributed by atoms with Gasteiger partial charge in [0.25, 0.3) is 0 Å². The topological polar surface area (TPSA) is 96.2 Å². The van der Waals surface area contributed by atoms with Gasteiger partial charge in [0.05, 0.1) is 0 Å². The van der Waals surface area contributed by atoms with Crippen molar-refractivity contribution < 1.29 is 9.59 Å². The molecule has 2 rings (SSSR count). The van der Waals surface area contributed by atoms with Gasteiger partial charge in [-0.05, 0) is 69.6 Å². The van der Waals surface area contributed by atoms with Crippen LogP contribution in [0.5, 0.6) is 0 Å². The van der Waals surface area contributed by atoms with Gasteiger partial charge in [-0.3, -0.25) is 0 Å². The van der Waals surface area contributed by atoms with Crippen molar-refractivity contribution in [3.63, 3.8) is 0 Å². The molecule has 0 bridgehead atoms. The van der Waals surface area contributed by atoms with E-state index in [1.54, 1.807) is 7.05 Å². The van der Waals surface area contributed by atoms with Crippen molar-refractivity contribution >= 4 is 12.1 Å². The van der Waals surface area contributed by atoms with Gasteiger partial charge in [0.2, 0.25) is 0 Å². The van der Waals surface area contributed by atoms with E-state index < -0.39 is 6.03 Å². The number of hydrogen-bond acceptors (Lipinski definition) is 2.